The molecule has 0 aliphatic carbocycles. The van der Waals surface area contributed by atoms with Crippen molar-refractivity contribution in [2.24, 2.45) is 0 Å². The normalized spacial score (nSPS) is 12.0. The summed E-state index contributed by atoms with van der Waals surface area (Å²) in [6, 6.07) is 4.99. The van der Waals surface area contributed by atoms with E-state index >= 15 is 0 Å². The fraction of sp³-hybridized carbons (Fsp3) is 0.250. The van der Waals surface area contributed by atoms with Crippen LogP contribution in [0.25, 0.3) is 6.08 Å². The molecule has 0 radical (unpaired) electrons. The summed E-state index contributed by atoms with van der Waals surface area (Å²) in [6.07, 6.45) is 2.46. The summed E-state index contributed by atoms with van der Waals surface area (Å²) in [5.41, 5.74) is 0.286. The van der Waals surface area contributed by atoms with E-state index in [9.17, 15) is 9.90 Å². The average Bonchev–Trinajstić information content (AvgIpc) is 2.12. The minimum absolute atomic E-state index is 0.463. The molecule has 0 atom stereocenters. The topological polar surface area (TPSA) is 57.5 Å². The van der Waals surface area contributed by atoms with E-state index < -0.39 is 11.6 Å². The Morgan fingerprint density at radius 1 is 1.38 bits per heavy atom. The van der Waals surface area contributed by atoms with Gasteiger partial charge < -0.3 is 10.2 Å². The van der Waals surface area contributed by atoms with Gasteiger partial charge in [0.05, 0.1) is 5.60 Å². The summed E-state index contributed by atoms with van der Waals surface area (Å²) in [6.45, 7) is 3.28. The molecule has 16 heavy (non-hydrogen) atoms. The fourth-order valence-electron chi connectivity index (χ4n) is 1.23. The molecule has 1 aromatic rings. The Hall–Kier alpha value is -1.32. The van der Waals surface area contributed by atoms with Gasteiger partial charge in [-0.3, -0.25) is 0 Å². The first-order valence-corrected chi connectivity index (χ1v) is 5.11. The molecular formula is C12H13ClO3. The van der Waals surface area contributed by atoms with E-state index in [1.807, 2.05) is 0 Å². The molecule has 4 heteroatoms. The van der Waals surface area contributed by atoms with Crippen molar-refractivity contribution in [1.82, 2.24) is 0 Å². The van der Waals surface area contributed by atoms with Gasteiger partial charge in [-0.05, 0) is 49.2 Å². The molecule has 0 aromatic heterocycles. The Bertz CT molecular complexity index is 430. The van der Waals surface area contributed by atoms with Gasteiger partial charge in [-0.2, -0.15) is 0 Å². The van der Waals surface area contributed by atoms with Crippen molar-refractivity contribution in [2.45, 2.75) is 19.4 Å². The SMILES string of the molecule is CC(C)(O)c1cc(Cl)cc(C=CC(=O)O)c1. The number of rotatable bonds is 3. The molecule has 1 aromatic carbocycles. The molecule has 0 aliphatic heterocycles. The molecular weight excluding hydrogens is 228 g/mol. The molecule has 0 saturated heterocycles. The van der Waals surface area contributed by atoms with E-state index in [4.69, 9.17) is 16.7 Å². The van der Waals surface area contributed by atoms with Crippen LogP contribution < -0.4 is 0 Å². The molecule has 2 N–H and O–H groups in total. The van der Waals surface area contributed by atoms with Crippen molar-refractivity contribution in [1.29, 1.82) is 0 Å². The van der Waals surface area contributed by atoms with Crippen LogP contribution in [-0.2, 0) is 10.4 Å². The van der Waals surface area contributed by atoms with Crippen molar-refractivity contribution in [3.05, 3.63) is 40.4 Å². The molecule has 0 spiro atoms. The van der Waals surface area contributed by atoms with Crippen LogP contribution in [0.4, 0.5) is 0 Å². The van der Waals surface area contributed by atoms with Crippen LogP contribution in [0.15, 0.2) is 24.3 Å². The number of aliphatic hydroxyl groups is 1. The second kappa shape index (κ2) is 4.68. The zero-order valence-electron chi connectivity index (χ0n) is 9.07. The Morgan fingerprint density at radius 3 is 2.50 bits per heavy atom. The average molecular weight is 241 g/mol. The number of carbonyl (C=O) groups is 1. The Morgan fingerprint density at radius 2 is 2.00 bits per heavy atom. The van der Waals surface area contributed by atoms with Gasteiger partial charge >= 0.3 is 5.97 Å². The predicted octanol–water partition coefficient (Wildman–Crippen LogP) is 2.67. The standard InChI is InChI=1S/C12H13ClO3/c1-12(2,16)9-5-8(3-4-11(14)15)6-10(13)7-9/h3-7,16H,1-2H3,(H,14,15). The van der Waals surface area contributed by atoms with Crippen LogP contribution in [0, 0.1) is 0 Å². The molecule has 0 unspecified atom stereocenters. The lowest BCUT2D eigenvalue weighted by atomic mass is 9.96. The summed E-state index contributed by atoms with van der Waals surface area (Å²) in [5, 5.41) is 18.8. The van der Waals surface area contributed by atoms with Gasteiger partial charge in [-0.1, -0.05) is 11.6 Å². The molecule has 86 valence electrons. The maximum absolute atomic E-state index is 10.4. The highest BCUT2D eigenvalue weighted by atomic mass is 35.5. The Labute approximate surface area is 99.0 Å². The lowest BCUT2D eigenvalue weighted by molar-refractivity contribution is -0.131. The molecule has 0 bridgehead atoms. The van der Waals surface area contributed by atoms with E-state index in [1.165, 1.54) is 6.08 Å². The number of carboxylic acids is 1. The van der Waals surface area contributed by atoms with Crippen LogP contribution in [0.5, 0.6) is 0 Å². The third kappa shape index (κ3) is 3.68. The van der Waals surface area contributed by atoms with Gasteiger partial charge in [0, 0.05) is 11.1 Å². The molecule has 0 aliphatic rings. The first kappa shape index (κ1) is 12.7. The number of hydrogen-bond donors (Lipinski definition) is 2. The van der Waals surface area contributed by atoms with E-state index in [2.05, 4.69) is 0 Å². The van der Waals surface area contributed by atoms with E-state index in [-0.39, 0.29) is 0 Å². The van der Waals surface area contributed by atoms with Gasteiger partial charge in [0.25, 0.3) is 0 Å². The number of halogens is 1. The van der Waals surface area contributed by atoms with Crippen LogP contribution in [-0.4, -0.2) is 16.2 Å². The van der Waals surface area contributed by atoms with Crippen LogP contribution in [0.2, 0.25) is 5.02 Å². The number of carboxylic acid groups (broad SMARTS) is 1. The second-order valence-corrected chi connectivity index (χ2v) is 4.44. The number of benzene rings is 1. The fourth-order valence-corrected chi connectivity index (χ4v) is 1.47. The zero-order valence-corrected chi connectivity index (χ0v) is 9.82. The van der Waals surface area contributed by atoms with Crippen molar-refractivity contribution >= 4 is 23.6 Å². The predicted molar refractivity (Wildman–Crippen MR) is 63.4 cm³/mol. The summed E-state index contributed by atoms with van der Waals surface area (Å²) < 4.78 is 0. The largest absolute Gasteiger partial charge is 0.478 e. The third-order valence-electron chi connectivity index (χ3n) is 2.04. The Kier molecular flexibility index (Phi) is 3.73. The summed E-state index contributed by atoms with van der Waals surface area (Å²) in [5.74, 6) is -1.02. The summed E-state index contributed by atoms with van der Waals surface area (Å²) >= 11 is 5.88. The Balaban J connectivity index is 3.13. The monoisotopic (exact) mass is 240 g/mol. The second-order valence-electron chi connectivity index (χ2n) is 4.00. The summed E-state index contributed by atoms with van der Waals surface area (Å²) in [7, 11) is 0. The minimum Gasteiger partial charge on any atom is -0.478 e. The van der Waals surface area contributed by atoms with Gasteiger partial charge in [-0.25, -0.2) is 4.79 Å². The molecule has 3 nitrogen and oxygen atoms in total. The van der Waals surface area contributed by atoms with Crippen LogP contribution in [0.1, 0.15) is 25.0 Å². The lowest BCUT2D eigenvalue weighted by Crippen LogP contribution is -2.15. The van der Waals surface area contributed by atoms with Crippen molar-refractivity contribution in [3.63, 3.8) is 0 Å². The highest BCUT2D eigenvalue weighted by Gasteiger charge is 2.16. The van der Waals surface area contributed by atoms with Gasteiger partial charge in [0.15, 0.2) is 0 Å². The highest BCUT2D eigenvalue weighted by molar-refractivity contribution is 6.30. The highest BCUT2D eigenvalue weighted by Crippen LogP contribution is 2.25. The third-order valence-corrected chi connectivity index (χ3v) is 2.26. The molecule has 0 amide bonds. The maximum atomic E-state index is 10.4. The number of aliphatic carboxylic acids is 1. The van der Waals surface area contributed by atoms with Gasteiger partial charge in [0.2, 0.25) is 0 Å². The quantitative estimate of drug-likeness (QED) is 0.799. The first-order chi connectivity index (χ1) is 7.29. The summed E-state index contributed by atoms with van der Waals surface area (Å²) in [4.78, 5) is 10.4. The smallest absolute Gasteiger partial charge is 0.328 e. The van der Waals surface area contributed by atoms with Gasteiger partial charge in [-0.15, -0.1) is 0 Å². The van der Waals surface area contributed by atoms with E-state index in [0.29, 0.717) is 16.1 Å². The van der Waals surface area contributed by atoms with E-state index in [0.717, 1.165) is 6.08 Å². The molecule has 0 saturated carbocycles. The van der Waals surface area contributed by atoms with Crippen LogP contribution >= 0.6 is 11.6 Å². The lowest BCUT2D eigenvalue weighted by Gasteiger charge is -2.18. The van der Waals surface area contributed by atoms with E-state index in [1.54, 1.807) is 32.0 Å². The molecule has 0 heterocycles. The van der Waals surface area contributed by atoms with Gasteiger partial charge in [0.1, 0.15) is 0 Å². The number of hydrogen-bond acceptors (Lipinski definition) is 2. The van der Waals surface area contributed by atoms with Crippen LogP contribution in [0.3, 0.4) is 0 Å². The van der Waals surface area contributed by atoms with Crippen molar-refractivity contribution in [2.75, 3.05) is 0 Å². The molecule has 0 fully saturated rings. The molecule has 1 rings (SSSR count). The maximum Gasteiger partial charge on any atom is 0.328 e. The first-order valence-electron chi connectivity index (χ1n) is 4.73. The van der Waals surface area contributed by atoms with Crippen molar-refractivity contribution in [3.8, 4) is 0 Å². The zero-order chi connectivity index (χ0) is 12.3. The van der Waals surface area contributed by atoms with Crippen molar-refractivity contribution < 1.29 is 15.0 Å². The minimum atomic E-state index is -1.02.